The van der Waals surface area contributed by atoms with Gasteiger partial charge in [-0.05, 0) is 22.8 Å². The van der Waals surface area contributed by atoms with Gasteiger partial charge in [-0.2, -0.15) is 5.26 Å². The lowest BCUT2D eigenvalue weighted by atomic mass is 9.90. The number of aliphatic hydroxyl groups excluding tert-OH is 1. The molecule has 17 heavy (non-hydrogen) atoms. The molecule has 0 spiro atoms. The van der Waals surface area contributed by atoms with Crippen molar-refractivity contribution in [1.82, 2.24) is 0 Å². The lowest BCUT2D eigenvalue weighted by molar-refractivity contribution is 0.269. The fourth-order valence-electron chi connectivity index (χ4n) is 2.69. The molecule has 2 aromatic carbocycles. The Labute approximate surface area is 100 Å². The summed E-state index contributed by atoms with van der Waals surface area (Å²) >= 11 is 0. The van der Waals surface area contributed by atoms with E-state index in [1.807, 2.05) is 24.3 Å². The van der Waals surface area contributed by atoms with Gasteiger partial charge in [0.05, 0.1) is 11.5 Å². The Morgan fingerprint density at radius 3 is 2.71 bits per heavy atom. The van der Waals surface area contributed by atoms with Gasteiger partial charge in [-0.25, -0.2) is 0 Å². The van der Waals surface area contributed by atoms with Crippen LogP contribution in [0.2, 0.25) is 0 Å². The van der Waals surface area contributed by atoms with Crippen LogP contribution in [0.25, 0.3) is 10.8 Å². The SMILES string of the molecule is N#C[C@]1(c2cccc3ccccc23)C[C@@H]1CO. The standard InChI is InChI=1S/C15H13NO/c16-10-15(8-12(15)9-17)14-7-3-5-11-4-1-2-6-13(11)14/h1-7,12,17H,8-9H2/t12-,15-/m1/s1. The van der Waals surface area contributed by atoms with E-state index in [0.717, 1.165) is 22.8 Å². The monoisotopic (exact) mass is 223 g/mol. The quantitative estimate of drug-likeness (QED) is 0.850. The van der Waals surface area contributed by atoms with Crippen molar-refractivity contribution in [3.8, 4) is 6.07 Å². The topological polar surface area (TPSA) is 44.0 Å². The maximum absolute atomic E-state index is 9.41. The highest BCUT2D eigenvalue weighted by atomic mass is 16.3. The van der Waals surface area contributed by atoms with Crippen LogP contribution in [0, 0.1) is 17.2 Å². The highest BCUT2D eigenvalue weighted by Gasteiger charge is 2.56. The minimum atomic E-state index is -0.463. The largest absolute Gasteiger partial charge is 0.396 e. The van der Waals surface area contributed by atoms with Gasteiger partial charge in [-0.15, -0.1) is 0 Å². The van der Waals surface area contributed by atoms with E-state index in [9.17, 15) is 10.4 Å². The van der Waals surface area contributed by atoms with Gasteiger partial charge >= 0.3 is 0 Å². The number of benzene rings is 2. The average molecular weight is 223 g/mol. The fourth-order valence-corrected chi connectivity index (χ4v) is 2.69. The molecule has 1 aliphatic carbocycles. The minimum absolute atomic E-state index is 0.0940. The molecule has 1 saturated carbocycles. The second-order valence-corrected chi connectivity index (χ2v) is 4.69. The van der Waals surface area contributed by atoms with E-state index in [1.54, 1.807) is 0 Å². The highest BCUT2D eigenvalue weighted by Crippen LogP contribution is 2.55. The van der Waals surface area contributed by atoms with Gasteiger partial charge in [0.1, 0.15) is 0 Å². The molecule has 2 aromatic rings. The number of hydrogen-bond donors (Lipinski definition) is 1. The molecule has 84 valence electrons. The first-order chi connectivity index (χ1) is 8.31. The summed E-state index contributed by atoms with van der Waals surface area (Å²) < 4.78 is 0. The van der Waals surface area contributed by atoms with Gasteiger partial charge in [0.2, 0.25) is 0 Å². The number of hydrogen-bond acceptors (Lipinski definition) is 2. The summed E-state index contributed by atoms with van der Waals surface area (Å²) in [5.74, 6) is 0.0957. The maximum atomic E-state index is 9.41. The van der Waals surface area contributed by atoms with E-state index in [4.69, 9.17) is 0 Å². The minimum Gasteiger partial charge on any atom is -0.396 e. The number of fused-ring (bicyclic) bond motifs is 1. The fraction of sp³-hybridized carbons (Fsp3) is 0.267. The van der Waals surface area contributed by atoms with Crippen molar-refractivity contribution in [2.24, 2.45) is 5.92 Å². The van der Waals surface area contributed by atoms with E-state index < -0.39 is 5.41 Å². The third-order valence-corrected chi connectivity index (χ3v) is 3.80. The maximum Gasteiger partial charge on any atom is 0.0883 e. The van der Waals surface area contributed by atoms with E-state index in [1.165, 1.54) is 0 Å². The van der Waals surface area contributed by atoms with Crippen LogP contribution in [0.15, 0.2) is 42.5 Å². The number of aliphatic hydroxyl groups is 1. The number of nitrogens with zero attached hydrogens (tertiary/aromatic N) is 1. The Bertz CT molecular complexity index is 608. The Morgan fingerprint density at radius 2 is 2.00 bits per heavy atom. The molecule has 3 rings (SSSR count). The van der Waals surface area contributed by atoms with Gasteiger partial charge in [-0.3, -0.25) is 0 Å². The zero-order valence-electron chi connectivity index (χ0n) is 9.43. The first kappa shape index (κ1) is 10.3. The van der Waals surface area contributed by atoms with Crippen molar-refractivity contribution >= 4 is 10.8 Å². The van der Waals surface area contributed by atoms with E-state index >= 15 is 0 Å². The molecule has 0 saturated heterocycles. The molecular weight excluding hydrogens is 210 g/mol. The highest BCUT2D eigenvalue weighted by molar-refractivity contribution is 5.87. The summed E-state index contributed by atoms with van der Waals surface area (Å²) in [5.41, 5.74) is 0.604. The summed E-state index contributed by atoms with van der Waals surface area (Å²) in [6.45, 7) is 0.0940. The molecule has 2 heteroatoms. The Morgan fingerprint density at radius 1 is 1.24 bits per heavy atom. The van der Waals surface area contributed by atoms with Crippen LogP contribution in [0.3, 0.4) is 0 Å². The van der Waals surface area contributed by atoms with Crippen LogP contribution in [0.4, 0.5) is 0 Å². The van der Waals surface area contributed by atoms with E-state index in [-0.39, 0.29) is 12.5 Å². The van der Waals surface area contributed by atoms with Gasteiger partial charge in [0, 0.05) is 12.5 Å². The van der Waals surface area contributed by atoms with Crippen LogP contribution in [-0.2, 0) is 5.41 Å². The first-order valence-electron chi connectivity index (χ1n) is 5.82. The summed E-state index contributed by atoms with van der Waals surface area (Å²) in [6.07, 6.45) is 0.772. The van der Waals surface area contributed by atoms with Crippen molar-refractivity contribution in [1.29, 1.82) is 5.26 Å². The average Bonchev–Trinajstić information content (AvgIpc) is 3.13. The molecule has 0 aromatic heterocycles. The third kappa shape index (κ3) is 1.36. The number of nitriles is 1. The summed E-state index contributed by atoms with van der Waals surface area (Å²) in [5, 5.41) is 21.0. The molecule has 0 aliphatic heterocycles. The van der Waals surface area contributed by atoms with Crippen LogP contribution in [-0.4, -0.2) is 11.7 Å². The molecule has 2 nitrogen and oxygen atoms in total. The molecule has 1 N–H and O–H groups in total. The van der Waals surface area contributed by atoms with Crippen molar-refractivity contribution in [2.75, 3.05) is 6.61 Å². The van der Waals surface area contributed by atoms with Crippen LogP contribution in [0.5, 0.6) is 0 Å². The molecule has 1 aliphatic rings. The van der Waals surface area contributed by atoms with Crippen molar-refractivity contribution in [3.05, 3.63) is 48.0 Å². The smallest absolute Gasteiger partial charge is 0.0883 e. The predicted molar refractivity (Wildman–Crippen MR) is 66.4 cm³/mol. The number of rotatable bonds is 2. The molecular formula is C15H13NO. The molecule has 0 heterocycles. The molecule has 0 unspecified atom stereocenters. The Kier molecular flexibility index (Phi) is 2.17. The molecule has 1 fully saturated rings. The Hall–Kier alpha value is -1.85. The van der Waals surface area contributed by atoms with Crippen molar-refractivity contribution in [2.45, 2.75) is 11.8 Å². The lowest BCUT2D eigenvalue weighted by Crippen LogP contribution is -2.09. The molecule has 0 radical (unpaired) electrons. The zero-order chi connectivity index (χ0) is 11.9. The van der Waals surface area contributed by atoms with Gasteiger partial charge in [-0.1, -0.05) is 42.5 Å². The zero-order valence-corrected chi connectivity index (χ0v) is 9.43. The van der Waals surface area contributed by atoms with Crippen LogP contribution < -0.4 is 0 Å². The van der Waals surface area contributed by atoms with Crippen molar-refractivity contribution in [3.63, 3.8) is 0 Å². The van der Waals surface area contributed by atoms with Gasteiger partial charge in [0.15, 0.2) is 0 Å². The van der Waals surface area contributed by atoms with E-state index in [0.29, 0.717) is 0 Å². The molecule has 0 amide bonds. The Balaban J connectivity index is 2.22. The normalized spacial score (nSPS) is 26.7. The summed E-state index contributed by atoms with van der Waals surface area (Å²) in [4.78, 5) is 0. The van der Waals surface area contributed by atoms with Gasteiger partial charge < -0.3 is 5.11 Å². The first-order valence-corrected chi connectivity index (χ1v) is 5.82. The lowest BCUT2D eigenvalue weighted by Gasteiger charge is -2.12. The van der Waals surface area contributed by atoms with E-state index in [2.05, 4.69) is 24.3 Å². The third-order valence-electron chi connectivity index (χ3n) is 3.80. The summed E-state index contributed by atoms with van der Waals surface area (Å²) in [7, 11) is 0. The second kappa shape index (κ2) is 3.58. The van der Waals surface area contributed by atoms with Crippen LogP contribution in [0.1, 0.15) is 12.0 Å². The summed E-state index contributed by atoms with van der Waals surface area (Å²) in [6, 6.07) is 16.6. The predicted octanol–water partition coefficient (Wildman–Crippen LogP) is 2.61. The van der Waals surface area contributed by atoms with Crippen LogP contribution >= 0.6 is 0 Å². The second-order valence-electron chi connectivity index (χ2n) is 4.69. The van der Waals surface area contributed by atoms with Gasteiger partial charge in [0.25, 0.3) is 0 Å². The molecule has 2 atom stereocenters. The van der Waals surface area contributed by atoms with Crippen molar-refractivity contribution < 1.29 is 5.11 Å². The molecule has 0 bridgehead atoms.